The Morgan fingerprint density at radius 3 is 1.00 bits per heavy atom. The van der Waals surface area contributed by atoms with Crippen molar-refractivity contribution in [1.82, 2.24) is 29.8 Å². The summed E-state index contributed by atoms with van der Waals surface area (Å²) in [6, 6.07) is 49.0. The zero-order valence-electron chi connectivity index (χ0n) is 83.3. The van der Waals surface area contributed by atoms with E-state index >= 15 is 0 Å². The number of anilines is 7. The van der Waals surface area contributed by atoms with E-state index < -0.39 is 71.1 Å². The van der Waals surface area contributed by atoms with Crippen LogP contribution in [0.3, 0.4) is 0 Å². The van der Waals surface area contributed by atoms with E-state index in [2.05, 4.69) is 44.0 Å². The lowest BCUT2D eigenvalue weighted by atomic mass is 10.1. The van der Waals surface area contributed by atoms with Gasteiger partial charge in [0.05, 0.1) is 54.3 Å². The van der Waals surface area contributed by atoms with Gasteiger partial charge >= 0.3 is 30.5 Å². The number of nitriles is 4. The van der Waals surface area contributed by atoms with Gasteiger partial charge in [0.1, 0.15) is 69.7 Å². The smallest absolute Gasteiger partial charge is 0.410 e. The predicted octanol–water partition coefficient (Wildman–Crippen LogP) is 17.1. The molecule has 13 rings (SSSR count). The van der Waals surface area contributed by atoms with Crippen LogP contribution in [-0.2, 0) is 36.8 Å². The molecule has 5 aliphatic heterocycles. The number of amides is 6. The zero-order chi connectivity index (χ0) is 107. The number of carbonyl (C=O) groups excluding carboxylic acids is 7. The standard InChI is InChI=1S/C23H25FN4O3.C23H31FN4O2.C16H20N4O4.C16H22N4O2.C9H18N2O2.C7H4ClFO.C7H3N3O4/c1-23(2,3)31-22(30)28-13-11-27(12-14-28)20-6-4-5-19(18(20)15-25)26-21(29)16-7-9-17(24)10-8-16;1-23(2,3)30-22(29)28-13-11-27(12-14-28)21-6-4-5-20(19(21)15-25)26-16-17-7-9-18(24)10-8-17;1-16(2,3)24-15(21)19-9-7-18(8-10-19)13-5-4-6-14(20(22)23)12(13)11-17;1-16(2,3)22-15(21)20-9-7-19(8-10-20)14-6-4-5-13(18)12(14)11-17;1-9(2,3)13-8(12)11-6-4-10-5-7-11;8-7(10)5-1-3-6(9)4-2-5;8-4-5-6(9(11)12)2-1-3-7(5)10(13)14/h4-10H,11-14H2,1-3H3,(H,26,29);4-10,26H,11-16,25H2,1-3H3;4-6H,7-10H2,1-3H3;4-6H,7-10,18H2,1-3H3;10H,4-7H2,1-3H3;1-4H;1-3H. The first-order valence-corrected chi connectivity index (χ1v) is 46.4. The van der Waals surface area contributed by atoms with E-state index in [0.717, 1.165) is 72.6 Å². The van der Waals surface area contributed by atoms with Gasteiger partial charge in [0.2, 0.25) is 5.56 Å². The molecule has 5 aliphatic rings. The number of nitrogens with one attached hydrogen (secondary N) is 3. The van der Waals surface area contributed by atoms with Gasteiger partial charge in [0.15, 0.2) is 5.56 Å². The normalized spacial score (nSPS) is 14.1. The number of piperazine rings is 5. The number of rotatable bonds is 14. The molecule has 7 N–H and O–H groups in total. The molecule has 5 saturated heterocycles. The van der Waals surface area contributed by atoms with Crippen molar-refractivity contribution in [2.24, 2.45) is 5.73 Å². The Bertz CT molecular complexity index is 5920. The van der Waals surface area contributed by atoms with E-state index in [-0.39, 0.29) is 59.0 Å². The van der Waals surface area contributed by atoms with Gasteiger partial charge in [0, 0.05) is 190 Å². The van der Waals surface area contributed by atoms with E-state index in [1.54, 1.807) is 67.0 Å². The Morgan fingerprint density at radius 1 is 0.382 bits per heavy atom. The van der Waals surface area contributed by atoms with Crippen molar-refractivity contribution in [3.63, 3.8) is 0 Å². The zero-order valence-corrected chi connectivity index (χ0v) is 84.1. The number of benzene rings is 8. The van der Waals surface area contributed by atoms with E-state index in [9.17, 15) is 92.9 Å². The van der Waals surface area contributed by atoms with E-state index in [1.807, 2.05) is 150 Å². The molecule has 5 heterocycles. The predicted molar refractivity (Wildman–Crippen MR) is 539 cm³/mol. The number of hydrogen-bond acceptors (Lipinski definition) is 30. The van der Waals surface area contributed by atoms with Gasteiger partial charge in [-0.1, -0.05) is 36.4 Å². The molecule has 0 atom stereocenters. The minimum Gasteiger partial charge on any atom is -0.444 e. The molecule has 0 radical (unpaired) electrons. The summed E-state index contributed by atoms with van der Waals surface area (Å²) in [7, 11) is 0. The van der Waals surface area contributed by atoms with Gasteiger partial charge in [0.25, 0.3) is 28.2 Å². The lowest BCUT2D eigenvalue weighted by molar-refractivity contribution is -0.394. The fraction of sp³-hybridized carbons (Fsp3) is 0.416. The topological polar surface area (TPSA) is 508 Å². The minimum absolute atomic E-state index is 0.0493. The molecule has 6 amide bonds. The van der Waals surface area contributed by atoms with Crippen LogP contribution >= 0.6 is 11.6 Å². The van der Waals surface area contributed by atoms with Gasteiger partial charge in [-0.05, 0) is 230 Å². The maximum Gasteiger partial charge on any atom is 0.410 e. The average Bonchev–Trinajstić information content (AvgIpc) is 0.808. The first-order chi connectivity index (χ1) is 67.7. The van der Waals surface area contributed by atoms with Crippen molar-refractivity contribution in [2.45, 2.75) is 145 Å². The van der Waals surface area contributed by atoms with Crippen molar-refractivity contribution < 1.29 is 85.2 Å². The molecule has 43 heteroatoms. The van der Waals surface area contributed by atoms with Crippen LogP contribution in [0, 0.1) is 93.1 Å². The summed E-state index contributed by atoms with van der Waals surface area (Å²) in [4.78, 5) is 129. The summed E-state index contributed by atoms with van der Waals surface area (Å²) in [5.41, 5.74) is 16.1. The molecule has 0 bridgehead atoms. The molecule has 0 saturated carbocycles. The summed E-state index contributed by atoms with van der Waals surface area (Å²) in [5, 5.41) is 77.4. The average molecular weight is 2010 g/mol. The molecule has 8 aromatic carbocycles. The number of nitrogen functional groups attached to an aromatic ring is 1. The van der Waals surface area contributed by atoms with Crippen molar-refractivity contribution in [3.05, 3.63) is 256 Å². The Hall–Kier alpha value is -15.8. The van der Waals surface area contributed by atoms with Crippen molar-refractivity contribution in [2.75, 3.05) is 167 Å². The second-order valence-electron chi connectivity index (χ2n) is 37.8. The Labute approximate surface area is 839 Å². The largest absolute Gasteiger partial charge is 0.444 e. The second kappa shape index (κ2) is 53.2. The van der Waals surface area contributed by atoms with Gasteiger partial charge in [-0.25, -0.2) is 37.1 Å². The Balaban J connectivity index is 0.000000235. The van der Waals surface area contributed by atoms with Crippen LogP contribution in [-0.4, -0.2) is 240 Å². The highest BCUT2D eigenvalue weighted by Crippen LogP contribution is 2.35. The van der Waals surface area contributed by atoms with Gasteiger partial charge in [-0.15, -0.1) is 0 Å². The maximum absolute atomic E-state index is 13.1. The summed E-state index contributed by atoms with van der Waals surface area (Å²) in [6.45, 7) is 40.8. The molecule has 0 aromatic heterocycles. The summed E-state index contributed by atoms with van der Waals surface area (Å²) < 4.78 is 65.3. The highest BCUT2D eigenvalue weighted by molar-refractivity contribution is 6.67. The molecule has 0 aliphatic carbocycles. The number of ether oxygens (including phenoxy) is 5. The van der Waals surface area contributed by atoms with Crippen LogP contribution in [0.25, 0.3) is 0 Å². The van der Waals surface area contributed by atoms with Crippen LogP contribution in [0.15, 0.2) is 164 Å². The van der Waals surface area contributed by atoms with Crippen LogP contribution < -0.4 is 47.0 Å². The lowest BCUT2D eigenvalue weighted by Gasteiger charge is -2.37. The first kappa shape index (κ1) is 115. The van der Waals surface area contributed by atoms with Crippen LogP contribution in [0.4, 0.5) is 94.0 Å². The molecular weight excluding hydrogens is 1890 g/mol. The molecule has 0 unspecified atom stereocenters. The molecule has 768 valence electrons. The summed E-state index contributed by atoms with van der Waals surface area (Å²) in [5.74, 6) is -1.47. The highest BCUT2D eigenvalue weighted by atomic mass is 35.5. The number of nitrogens with zero attached hydrogens (tertiary/aromatic N) is 16. The quantitative estimate of drug-likeness (QED) is 0.0222. The third-order valence-electron chi connectivity index (χ3n) is 21.2. The van der Waals surface area contributed by atoms with E-state index in [0.29, 0.717) is 163 Å². The number of hydrogen-bond donors (Lipinski definition) is 5. The molecule has 39 nitrogen and oxygen atoms in total. The van der Waals surface area contributed by atoms with Crippen LogP contribution in [0.5, 0.6) is 0 Å². The van der Waals surface area contributed by atoms with Crippen molar-refractivity contribution in [1.29, 1.82) is 21.0 Å². The number of nitrogens with two attached hydrogens (primary N) is 2. The third-order valence-corrected chi connectivity index (χ3v) is 21.4. The maximum atomic E-state index is 13.1. The van der Waals surface area contributed by atoms with Crippen molar-refractivity contribution >= 4 is 110 Å². The first-order valence-electron chi connectivity index (χ1n) is 46.0. The third kappa shape index (κ3) is 36.7. The number of halogens is 4. The van der Waals surface area contributed by atoms with E-state index in [1.165, 1.54) is 72.8 Å². The van der Waals surface area contributed by atoms with Crippen LogP contribution in [0.2, 0.25) is 0 Å². The molecular formula is C101H123ClF3N21O18. The van der Waals surface area contributed by atoms with Crippen molar-refractivity contribution in [3.8, 4) is 24.3 Å². The molecule has 144 heavy (non-hydrogen) atoms. The monoisotopic (exact) mass is 2010 g/mol. The second-order valence-corrected chi connectivity index (χ2v) is 38.1. The lowest BCUT2D eigenvalue weighted by Crippen LogP contribution is -2.50. The van der Waals surface area contributed by atoms with Gasteiger partial charge in [-0.3, -0.25) is 39.9 Å². The fourth-order valence-corrected chi connectivity index (χ4v) is 14.5. The Morgan fingerprint density at radius 2 is 0.667 bits per heavy atom. The summed E-state index contributed by atoms with van der Waals surface area (Å²) in [6.07, 6.45) is -1.49. The Kier molecular flexibility index (Phi) is 42.5. The number of carbonyl (C=O) groups is 7. The van der Waals surface area contributed by atoms with Crippen LogP contribution in [0.1, 0.15) is 158 Å². The highest BCUT2D eigenvalue weighted by Gasteiger charge is 2.35. The SMILES string of the molecule is CC(C)(C)OC(=O)N1CCN(c2cccc(N)c2C#N)CC1.CC(C)(C)OC(=O)N1CCN(c2cccc(NC(=O)c3ccc(F)cc3)c2C#N)CC1.CC(C)(C)OC(=O)N1CCN(c2cccc(NCc3ccc(F)cc3)c2CN)CC1.CC(C)(C)OC(=O)N1CCN(c2cccc([N+](=O)[O-])c2C#N)CC1.CC(C)(C)OC(=O)N1CCNCC1.N#Cc1c([N+](=O)[O-])cccc1[N+](=O)[O-].O=C(Cl)c1ccc(F)cc1. The molecule has 0 spiro atoms. The van der Waals surface area contributed by atoms with E-state index in [4.69, 9.17) is 52.0 Å². The van der Waals surface area contributed by atoms with Gasteiger partial charge < -0.3 is 95.2 Å². The van der Waals surface area contributed by atoms with Gasteiger partial charge in [-0.2, -0.15) is 21.0 Å². The fourth-order valence-electron chi connectivity index (χ4n) is 14.4. The summed E-state index contributed by atoms with van der Waals surface area (Å²) >= 11 is 5.09. The molecule has 8 aromatic rings. The molecule has 5 fully saturated rings. The number of nitro benzene ring substituents is 3. The number of nitro groups is 3. The minimum atomic E-state index is -0.828.